The van der Waals surface area contributed by atoms with E-state index in [1.54, 1.807) is 56.4 Å². The van der Waals surface area contributed by atoms with Gasteiger partial charge in [0.15, 0.2) is 11.9 Å². The molecule has 116 valence electrons. The van der Waals surface area contributed by atoms with Crippen LogP contribution in [0.3, 0.4) is 0 Å². The molecule has 1 aliphatic carbocycles. The van der Waals surface area contributed by atoms with E-state index in [9.17, 15) is 9.90 Å². The highest BCUT2D eigenvalue weighted by Crippen LogP contribution is 2.43. The van der Waals surface area contributed by atoms with E-state index in [2.05, 4.69) is 4.98 Å². The number of ketones is 1. The molecule has 1 aromatic heterocycles. The van der Waals surface area contributed by atoms with Gasteiger partial charge in [-0.15, -0.1) is 0 Å². The number of aromatic nitrogens is 1. The lowest BCUT2D eigenvalue weighted by Crippen LogP contribution is -2.47. The number of benzene rings is 1. The van der Waals surface area contributed by atoms with E-state index < -0.39 is 17.6 Å². The van der Waals surface area contributed by atoms with Crippen LogP contribution in [0.25, 0.3) is 0 Å². The third-order valence-electron chi connectivity index (χ3n) is 4.23. The summed E-state index contributed by atoms with van der Waals surface area (Å²) in [5, 5.41) is 19.8. The molecule has 0 aliphatic heterocycles. The zero-order chi connectivity index (χ0) is 16.6. The average Bonchev–Trinajstić information content (AvgIpc) is 2.57. The first kappa shape index (κ1) is 15.2. The van der Waals surface area contributed by atoms with Crippen molar-refractivity contribution >= 4 is 5.78 Å². The van der Waals surface area contributed by atoms with E-state index in [-0.39, 0.29) is 5.78 Å². The van der Waals surface area contributed by atoms with Crippen molar-refractivity contribution in [2.24, 2.45) is 5.41 Å². The predicted octanol–water partition coefficient (Wildman–Crippen LogP) is 2.66. The lowest BCUT2D eigenvalue weighted by molar-refractivity contribution is -0.0379. The number of carbonyl (C=O) groups excluding carboxylic acids is 1. The van der Waals surface area contributed by atoms with Gasteiger partial charge in [0.05, 0.1) is 17.0 Å². The predicted molar refractivity (Wildman–Crippen MR) is 82.9 cm³/mol. The Bertz CT molecular complexity index is 794. The van der Waals surface area contributed by atoms with Gasteiger partial charge in [0.2, 0.25) is 5.88 Å². The Morgan fingerprint density at radius 2 is 2.09 bits per heavy atom. The highest BCUT2D eigenvalue weighted by Gasteiger charge is 2.48. The average molecular weight is 308 g/mol. The second kappa shape index (κ2) is 5.49. The summed E-state index contributed by atoms with van der Waals surface area (Å²) in [7, 11) is 0. The Kier molecular flexibility index (Phi) is 3.63. The monoisotopic (exact) mass is 308 g/mol. The quantitative estimate of drug-likeness (QED) is 0.922. The fourth-order valence-corrected chi connectivity index (χ4v) is 2.78. The molecule has 3 rings (SSSR count). The van der Waals surface area contributed by atoms with Crippen molar-refractivity contribution in [1.82, 2.24) is 4.98 Å². The summed E-state index contributed by atoms with van der Waals surface area (Å²) in [5.41, 5.74) is 0.422. The maximum Gasteiger partial charge on any atom is 0.213 e. The standard InChI is InChI=1S/C18H16N2O3/c1-18(2)16(21)12-7-6-11(10-19)9-13(12)15(17(18)22)23-14-5-3-4-8-20-14/h3-9,15,17,22H,1-2H3/t15-,17+/m1/s1. The molecule has 2 atom stereocenters. The highest BCUT2D eigenvalue weighted by atomic mass is 16.5. The molecule has 5 nitrogen and oxygen atoms in total. The first-order chi connectivity index (χ1) is 10.9. The number of aliphatic hydroxyl groups is 1. The molecule has 0 radical (unpaired) electrons. The lowest BCUT2D eigenvalue weighted by Gasteiger charge is -2.40. The fourth-order valence-electron chi connectivity index (χ4n) is 2.78. The van der Waals surface area contributed by atoms with E-state index >= 15 is 0 Å². The zero-order valence-corrected chi connectivity index (χ0v) is 12.9. The number of pyridine rings is 1. The summed E-state index contributed by atoms with van der Waals surface area (Å²) < 4.78 is 5.85. The molecular weight excluding hydrogens is 292 g/mol. The number of ether oxygens (including phenoxy) is 1. The Morgan fingerprint density at radius 3 is 2.74 bits per heavy atom. The largest absolute Gasteiger partial charge is 0.467 e. The molecule has 23 heavy (non-hydrogen) atoms. The molecule has 0 unspecified atom stereocenters. The number of fused-ring (bicyclic) bond motifs is 1. The maximum atomic E-state index is 12.6. The van der Waals surface area contributed by atoms with E-state index in [0.717, 1.165) is 0 Å². The van der Waals surface area contributed by atoms with Gasteiger partial charge in [-0.25, -0.2) is 4.98 Å². The van der Waals surface area contributed by atoms with Crippen LogP contribution in [-0.4, -0.2) is 22.0 Å². The van der Waals surface area contributed by atoms with Crippen LogP contribution in [0.1, 0.15) is 41.4 Å². The number of hydrogen-bond acceptors (Lipinski definition) is 5. The molecule has 1 aromatic carbocycles. The van der Waals surface area contributed by atoms with Gasteiger partial charge in [0.25, 0.3) is 0 Å². The minimum absolute atomic E-state index is 0.162. The van der Waals surface area contributed by atoms with E-state index in [0.29, 0.717) is 22.6 Å². The van der Waals surface area contributed by atoms with Crippen molar-refractivity contribution in [3.8, 4) is 11.9 Å². The Labute approximate surface area is 134 Å². The molecule has 0 bridgehead atoms. The van der Waals surface area contributed by atoms with E-state index in [4.69, 9.17) is 10.00 Å². The highest BCUT2D eigenvalue weighted by molar-refractivity contribution is 6.03. The number of rotatable bonds is 2. The molecule has 1 N–H and O–H groups in total. The van der Waals surface area contributed by atoms with Crippen molar-refractivity contribution in [2.75, 3.05) is 0 Å². The molecule has 2 aromatic rings. The van der Waals surface area contributed by atoms with Crippen molar-refractivity contribution in [1.29, 1.82) is 5.26 Å². The second-order valence-electron chi connectivity index (χ2n) is 6.12. The zero-order valence-electron chi connectivity index (χ0n) is 12.9. The summed E-state index contributed by atoms with van der Waals surface area (Å²) in [6, 6.07) is 12.1. The number of aliphatic hydroxyl groups excluding tert-OH is 1. The SMILES string of the molecule is CC1(C)C(=O)c2ccc(C#N)cc2[C@@H](Oc2ccccn2)[C@@H]1O. The van der Waals surface area contributed by atoms with Gasteiger partial charge in [-0.2, -0.15) is 5.26 Å². The lowest BCUT2D eigenvalue weighted by atomic mass is 9.69. The van der Waals surface area contributed by atoms with Gasteiger partial charge in [0.1, 0.15) is 6.10 Å². The molecule has 0 fully saturated rings. The van der Waals surface area contributed by atoms with Gasteiger partial charge in [0, 0.05) is 23.4 Å². The van der Waals surface area contributed by atoms with Crippen molar-refractivity contribution < 1.29 is 14.6 Å². The third-order valence-corrected chi connectivity index (χ3v) is 4.23. The topological polar surface area (TPSA) is 83.2 Å². The van der Waals surface area contributed by atoms with Crippen LogP contribution in [0, 0.1) is 16.7 Å². The summed E-state index contributed by atoms with van der Waals surface area (Å²) in [5.74, 6) is 0.195. The van der Waals surface area contributed by atoms with Crippen LogP contribution in [0.5, 0.6) is 5.88 Å². The number of nitrogens with zero attached hydrogens (tertiary/aromatic N) is 2. The number of nitriles is 1. The van der Waals surface area contributed by atoms with Gasteiger partial charge >= 0.3 is 0 Å². The van der Waals surface area contributed by atoms with Gasteiger partial charge in [-0.05, 0) is 38.1 Å². The van der Waals surface area contributed by atoms with Crippen LogP contribution in [0.15, 0.2) is 42.6 Å². The van der Waals surface area contributed by atoms with Crippen LogP contribution in [-0.2, 0) is 0 Å². The first-order valence-electron chi connectivity index (χ1n) is 7.29. The molecular formula is C18H16N2O3. The van der Waals surface area contributed by atoms with Crippen LogP contribution in [0.4, 0.5) is 0 Å². The fraction of sp³-hybridized carbons (Fsp3) is 0.278. The van der Waals surface area contributed by atoms with Gasteiger partial charge in [-0.3, -0.25) is 4.79 Å². The molecule has 1 heterocycles. The molecule has 0 spiro atoms. The summed E-state index contributed by atoms with van der Waals surface area (Å²) in [6.07, 6.45) is -0.215. The summed E-state index contributed by atoms with van der Waals surface area (Å²) in [4.78, 5) is 16.7. The minimum Gasteiger partial charge on any atom is -0.467 e. The smallest absolute Gasteiger partial charge is 0.213 e. The molecule has 0 saturated heterocycles. The third kappa shape index (κ3) is 2.47. The van der Waals surface area contributed by atoms with Crippen LogP contribution < -0.4 is 4.74 Å². The second-order valence-corrected chi connectivity index (χ2v) is 6.12. The van der Waals surface area contributed by atoms with Crippen LogP contribution >= 0.6 is 0 Å². The van der Waals surface area contributed by atoms with Crippen molar-refractivity contribution in [3.05, 3.63) is 59.3 Å². The Balaban J connectivity index is 2.12. The number of carbonyl (C=O) groups is 1. The van der Waals surface area contributed by atoms with Crippen molar-refractivity contribution in [3.63, 3.8) is 0 Å². The van der Waals surface area contributed by atoms with Gasteiger partial charge in [-0.1, -0.05) is 6.07 Å². The molecule has 5 heteroatoms. The van der Waals surface area contributed by atoms with E-state index in [1.165, 1.54) is 0 Å². The van der Waals surface area contributed by atoms with Crippen LogP contribution in [0.2, 0.25) is 0 Å². The molecule has 1 aliphatic rings. The maximum absolute atomic E-state index is 12.6. The molecule has 0 amide bonds. The number of Topliss-reactive ketones (excluding diaryl/α,β-unsaturated/α-hetero) is 1. The number of hydrogen-bond donors (Lipinski definition) is 1. The first-order valence-corrected chi connectivity index (χ1v) is 7.29. The summed E-state index contributed by atoms with van der Waals surface area (Å²) in [6.45, 7) is 3.38. The van der Waals surface area contributed by atoms with E-state index in [1.807, 2.05) is 6.07 Å². The van der Waals surface area contributed by atoms with Gasteiger partial charge < -0.3 is 9.84 Å². The van der Waals surface area contributed by atoms with Crippen molar-refractivity contribution in [2.45, 2.75) is 26.1 Å². The minimum atomic E-state index is -1.04. The Morgan fingerprint density at radius 1 is 1.30 bits per heavy atom. The normalized spacial score (nSPS) is 22.1. The Hall–Kier alpha value is -2.71. The molecule has 0 saturated carbocycles. The summed E-state index contributed by atoms with van der Waals surface area (Å²) >= 11 is 0.